The monoisotopic (exact) mass is 290 g/mol. The maximum absolute atomic E-state index is 12.6. The molecule has 0 saturated carbocycles. The highest BCUT2D eigenvalue weighted by molar-refractivity contribution is 5.85. The van der Waals surface area contributed by atoms with E-state index in [0.717, 1.165) is 23.3 Å². The minimum absolute atomic E-state index is 0.0215. The van der Waals surface area contributed by atoms with E-state index in [9.17, 15) is 18.0 Å². The van der Waals surface area contributed by atoms with Crippen LogP contribution in [-0.2, 0) is 6.18 Å². The number of aldehydes is 1. The van der Waals surface area contributed by atoms with Gasteiger partial charge in [0.1, 0.15) is 0 Å². The van der Waals surface area contributed by atoms with E-state index in [4.69, 9.17) is 0 Å². The average molecular weight is 290 g/mol. The Bertz CT molecular complexity index is 667. The SMILES string of the molecule is Cc1ccc(/C=C/c2ccc(C(F)(F)F)cc2C=O)cc1. The van der Waals surface area contributed by atoms with E-state index in [1.54, 1.807) is 12.2 Å². The summed E-state index contributed by atoms with van der Waals surface area (Å²) in [6.07, 6.45) is -0.620. The Morgan fingerprint density at radius 2 is 1.57 bits per heavy atom. The summed E-state index contributed by atoms with van der Waals surface area (Å²) in [5.41, 5.74) is 1.69. The van der Waals surface area contributed by atoms with E-state index in [1.807, 2.05) is 31.2 Å². The second-order valence-electron chi connectivity index (χ2n) is 4.70. The highest BCUT2D eigenvalue weighted by Crippen LogP contribution is 2.30. The number of benzene rings is 2. The van der Waals surface area contributed by atoms with Crippen LogP contribution in [0.2, 0.25) is 0 Å². The minimum Gasteiger partial charge on any atom is -0.298 e. The number of halogens is 3. The van der Waals surface area contributed by atoms with Crippen LogP contribution < -0.4 is 0 Å². The molecule has 0 radical (unpaired) electrons. The van der Waals surface area contributed by atoms with Gasteiger partial charge in [0, 0.05) is 5.56 Å². The van der Waals surface area contributed by atoms with Crippen LogP contribution in [0.1, 0.15) is 32.6 Å². The Kier molecular flexibility index (Phi) is 4.26. The summed E-state index contributed by atoms with van der Waals surface area (Å²) in [7, 11) is 0. The fourth-order valence-electron chi connectivity index (χ4n) is 1.87. The quantitative estimate of drug-likeness (QED) is 0.574. The lowest BCUT2D eigenvalue weighted by atomic mass is 10.0. The van der Waals surface area contributed by atoms with E-state index in [2.05, 4.69) is 0 Å². The Morgan fingerprint density at radius 3 is 2.14 bits per heavy atom. The Labute approximate surface area is 120 Å². The van der Waals surface area contributed by atoms with Gasteiger partial charge >= 0.3 is 6.18 Å². The molecule has 4 heteroatoms. The van der Waals surface area contributed by atoms with E-state index < -0.39 is 11.7 Å². The summed E-state index contributed by atoms with van der Waals surface area (Å²) in [6, 6.07) is 10.8. The highest BCUT2D eigenvalue weighted by atomic mass is 19.4. The molecule has 21 heavy (non-hydrogen) atoms. The molecule has 0 atom stereocenters. The fourth-order valence-corrected chi connectivity index (χ4v) is 1.87. The van der Waals surface area contributed by atoms with Gasteiger partial charge in [0.05, 0.1) is 5.56 Å². The number of hydrogen-bond acceptors (Lipinski definition) is 1. The van der Waals surface area contributed by atoms with Crippen molar-refractivity contribution in [3.8, 4) is 0 Å². The lowest BCUT2D eigenvalue weighted by Crippen LogP contribution is -2.05. The molecule has 108 valence electrons. The Morgan fingerprint density at radius 1 is 0.905 bits per heavy atom. The highest BCUT2D eigenvalue weighted by Gasteiger charge is 2.30. The minimum atomic E-state index is -4.45. The zero-order valence-corrected chi connectivity index (χ0v) is 11.3. The topological polar surface area (TPSA) is 17.1 Å². The van der Waals surface area contributed by atoms with Gasteiger partial charge < -0.3 is 0 Å². The summed E-state index contributed by atoms with van der Waals surface area (Å²) in [5.74, 6) is 0. The van der Waals surface area contributed by atoms with Gasteiger partial charge in [0.25, 0.3) is 0 Å². The summed E-state index contributed by atoms with van der Waals surface area (Å²) >= 11 is 0. The van der Waals surface area contributed by atoms with Crippen LogP contribution in [0.25, 0.3) is 12.2 Å². The van der Waals surface area contributed by atoms with Gasteiger partial charge in [-0.15, -0.1) is 0 Å². The van der Waals surface area contributed by atoms with Crippen molar-refractivity contribution < 1.29 is 18.0 Å². The van der Waals surface area contributed by atoms with Crippen LogP contribution in [-0.4, -0.2) is 6.29 Å². The van der Waals surface area contributed by atoms with Crippen LogP contribution in [0.15, 0.2) is 42.5 Å². The summed E-state index contributed by atoms with van der Waals surface area (Å²) in [5, 5.41) is 0. The average Bonchev–Trinajstić information content (AvgIpc) is 2.45. The predicted octanol–water partition coefficient (Wildman–Crippen LogP) is 5.00. The molecule has 0 heterocycles. The second kappa shape index (κ2) is 5.95. The number of carbonyl (C=O) groups excluding carboxylic acids is 1. The van der Waals surface area contributed by atoms with Crippen LogP contribution in [0.4, 0.5) is 13.2 Å². The van der Waals surface area contributed by atoms with Gasteiger partial charge in [-0.05, 0) is 30.2 Å². The van der Waals surface area contributed by atoms with Crippen molar-refractivity contribution >= 4 is 18.4 Å². The molecule has 0 N–H and O–H groups in total. The molecule has 0 aromatic heterocycles. The third-order valence-corrected chi connectivity index (χ3v) is 3.07. The van der Waals surface area contributed by atoms with Crippen molar-refractivity contribution in [2.75, 3.05) is 0 Å². The van der Waals surface area contributed by atoms with E-state index in [-0.39, 0.29) is 5.56 Å². The molecule has 2 aromatic rings. The molecule has 0 amide bonds. The zero-order chi connectivity index (χ0) is 15.5. The van der Waals surface area contributed by atoms with Gasteiger partial charge in [-0.1, -0.05) is 48.0 Å². The predicted molar refractivity (Wildman–Crippen MR) is 76.9 cm³/mol. The molecular formula is C17H13F3O. The van der Waals surface area contributed by atoms with Crippen molar-refractivity contribution in [2.24, 2.45) is 0 Å². The first-order valence-electron chi connectivity index (χ1n) is 6.31. The maximum Gasteiger partial charge on any atom is 0.416 e. The van der Waals surface area contributed by atoms with Crippen LogP contribution in [0.5, 0.6) is 0 Å². The molecule has 0 fully saturated rings. The zero-order valence-electron chi connectivity index (χ0n) is 11.3. The van der Waals surface area contributed by atoms with Crippen molar-refractivity contribution in [1.82, 2.24) is 0 Å². The number of alkyl halides is 3. The first kappa shape index (κ1) is 15.0. The van der Waals surface area contributed by atoms with Crippen molar-refractivity contribution in [1.29, 1.82) is 0 Å². The van der Waals surface area contributed by atoms with Crippen LogP contribution in [0, 0.1) is 6.92 Å². The van der Waals surface area contributed by atoms with Crippen molar-refractivity contribution in [3.63, 3.8) is 0 Å². The lowest BCUT2D eigenvalue weighted by Gasteiger charge is -2.08. The molecule has 2 aromatic carbocycles. The van der Waals surface area contributed by atoms with Gasteiger partial charge in [0.2, 0.25) is 0 Å². The molecule has 0 aliphatic heterocycles. The molecule has 0 spiro atoms. The summed E-state index contributed by atoms with van der Waals surface area (Å²) < 4.78 is 37.8. The molecule has 1 nitrogen and oxygen atoms in total. The fraction of sp³-hybridized carbons (Fsp3) is 0.118. The van der Waals surface area contributed by atoms with Gasteiger partial charge in [0.15, 0.2) is 6.29 Å². The molecule has 0 bridgehead atoms. The normalized spacial score (nSPS) is 11.8. The second-order valence-corrected chi connectivity index (χ2v) is 4.70. The van der Waals surface area contributed by atoms with Crippen molar-refractivity contribution in [3.05, 3.63) is 70.3 Å². The van der Waals surface area contributed by atoms with Crippen LogP contribution >= 0.6 is 0 Å². The smallest absolute Gasteiger partial charge is 0.298 e. The Balaban J connectivity index is 2.32. The Hall–Kier alpha value is -2.36. The van der Waals surface area contributed by atoms with Gasteiger partial charge in [-0.25, -0.2) is 0 Å². The number of hydrogen-bond donors (Lipinski definition) is 0. The molecular weight excluding hydrogens is 277 g/mol. The first-order chi connectivity index (χ1) is 9.90. The standard InChI is InChI=1S/C17H13F3O/c1-12-2-4-13(5-3-12)6-7-14-8-9-16(17(18,19)20)10-15(14)11-21/h2-11H,1H3/b7-6+. The largest absolute Gasteiger partial charge is 0.416 e. The molecule has 0 unspecified atom stereocenters. The number of carbonyl (C=O) groups is 1. The molecule has 2 rings (SSSR count). The molecule has 0 aliphatic rings. The van der Waals surface area contributed by atoms with E-state index in [0.29, 0.717) is 11.8 Å². The molecule has 0 aliphatic carbocycles. The van der Waals surface area contributed by atoms with Gasteiger partial charge in [-0.2, -0.15) is 13.2 Å². The van der Waals surface area contributed by atoms with Crippen LogP contribution in [0.3, 0.4) is 0 Å². The number of aryl methyl sites for hydroxylation is 1. The maximum atomic E-state index is 12.6. The first-order valence-corrected chi connectivity index (χ1v) is 6.31. The third kappa shape index (κ3) is 3.81. The van der Waals surface area contributed by atoms with Crippen molar-refractivity contribution in [2.45, 2.75) is 13.1 Å². The van der Waals surface area contributed by atoms with Gasteiger partial charge in [-0.3, -0.25) is 4.79 Å². The van der Waals surface area contributed by atoms with E-state index in [1.165, 1.54) is 6.07 Å². The van der Waals surface area contributed by atoms with E-state index >= 15 is 0 Å². The summed E-state index contributed by atoms with van der Waals surface area (Å²) in [4.78, 5) is 11.0. The third-order valence-electron chi connectivity index (χ3n) is 3.07. The lowest BCUT2D eigenvalue weighted by molar-refractivity contribution is -0.137. The number of rotatable bonds is 3. The summed E-state index contributed by atoms with van der Waals surface area (Å²) in [6.45, 7) is 1.97. The molecule has 0 saturated heterocycles.